The number of rotatable bonds is 1. The number of nitrogens with zero attached hydrogens (tertiary/aromatic N) is 4. The number of hydrogen-bond acceptors (Lipinski definition) is 2. The summed E-state index contributed by atoms with van der Waals surface area (Å²) < 4.78 is 0. The van der Waals surface area contributed by atoms with E-state index in [0.29, 0.717) is 11.3 Å². The smallest absolute Gasteiger partial charge is 0.337 e. The molecule has 1 aromatic rings. The van der Waals surface area contributed by atoms with Gasteiger partial charge in [-0.15, -0.1) is 0 Å². The summed E-state index contributed by atoms with van der Waals surface area (Å²) >= 11 is 0. The molecule has 0 saturated heterocycles. The summed E-state index contributed by atoms with van der Waals surface area (Å²) in [6.45, 7) is 0. The molecule has 0 N–H and O–H groups in total. The van der Waals surface area contributed by atoms with Crippen LogP contribution in [0.5, 0.6) is 0 Å². The fourth-order valence-corrected chi connectivity index (χ4v) is 0.753. The Morgan fingerprint density at radius 3 is 2.83 bits per heavy atom. The van der Waals surface area contributed by atoms with Gasteiger partial charge in [0.2, 0.25) is 0 Å². The average Bonchev–Trinajstić information content (AvgIpc) is 2.09. The average molecular weight is 160 g/mol. The van der Waals surface area contributed by atoms with Crippen molar-refractivity contribution >= 4 is 5.69 Å². The van der Waals surface area contributed by atoms with Gasteiger partial charge < -0.3 is 5.21 Å². The number of hydrogen-bond donors (Lipinski definition) is 0. The molecular formula is C7H4N4O. The van der Waals surface area contributed by atoms with E-state index >= 15 is 0 Å². The third-order valence-corrected chi connectivity index (χ3v) is 1.22. The lowest BCUT2D eigenvalue weighted by Crippen LogP contribution is -1.72. The van der Waals surface area contributed by atoms with Crippen molar-refractivity contribution in [1.29, 1.82) is 0 Å². The first-order chi connectivity index (χ1) is 5.88. The van der Waals surface area contributed by atoms with Crippen molar-refractivity contribution in [3.05, 3.63) is 50.5 Å². The minimum atomic E-state index is 0.347. The normalized spacial score (nSPS) is 7.67. The second kappa shape index (κ2) is 3.86. The SMILES string of the molecule is [N-]=[N+]=Nc1ccccc1C#[N+][O-]. The zero-order valence-corrected chi connectivity index (χ0v) is 6.01. The third-order valence-electron chi connectivity index (χ3n) is 1.22. The summed E-state index contributed by atoms with van der Waals surface area (Å²) in [6, 6.07) is 8.72. The fraction of sp³-hybridized carbons (Fsp3) is 0. The second-order valence-electron chi connectivity index (χ2n) is 1.91. The predicted octanol–water partition coefficient (Wildman–Crippen LogP) is 2.81. The van der Waals surface area contributed by atoms with Crippen LogP contribution >= 0.6 is 0 Å². The molecule has 0 unspecified atom stereocenters. The highest BCUT2D eigenvalue weighted by Crippen LogP contribution is 2.17. The monoisotopic (exact) mass is 160 g/mol. The van der Waals surface area contributed by atoms with Gasteiger partial charge >= 0.3 is 6.07 Å². The van der Waals surface area contributed by atoms with Crippen molar-refractivity contribution in [2.75, 3.05) is 0 Å². The van der Waals surface area contributed by atoms with Crippen molar-refractivity contribution < 1.29 is 0 Å². The molecule has 0 aliphatic heterocycles. The van der Waals surface area contributed by atoms with Gasteiger partial charge in [0.05, 0.1) is 5.69 Å². The number of benzene rings is 1. The molecule has 0 saturated carbocycles. The molecule has 58 valence electrons. The molecule has 0 radical (unpaired) electrons. The van der Waals surface area contributed by atoms with Crippen LogP contribution in [0, 0.1) is 11.3 Å². The van der Waals surface area contributed by atoms with E-state index in [1.807, 2.05) is 0 Å². The molecule has 0 aliphatic carbocycles. The van der Waals surface area contributed by atoms with E-state index in [1.54, 1.807) is 24.3 Å². The number of azide groups is 1. The van der Waals surface area contributed by atoms with Crippen LogP contribution in [0.3, 0.4) is 0 Å². The van der Waals surface area contributed by atoms with Crippen LogP contribution in [-0.4, -0.2) is 0 Å². The van der Waals surface area contributed by atoms with Gasteiger partial charge in [-0.25, -0.2) is 0 Å². The summed E-state index contributed by atoms with van der Waals surface area (Å²) in [6.07, 6.45) is 0. The Morgan fingerprint density at radius 2 is 2.17 bits per heavy atom. The molecule has 0 aromatic heterocycles. The van der Waals surface area contributed by atoms with Crippen molar-refractivity contribution in [3.8, 4) is 6.07 Å². The lowest BCUT2D eigenvalue weighted by atomic mass is 10.2. The van der Waals surface area contributed by atoms with E-state index in [-0.39, 0.29) is 0 Å². The van der Waals surface area contributed by atoms with Crippen molar-refractivity contribution in [2.24, 2.45) is 5.11 Å². The van der Waals surface area contributed by atoms with E-state index in [9.17, 15) is 5.21 Å². The van der Waals surface area contributed by atoms with Crippen LogP contribution in [0.1, 0.15) is 5.56 Å². The predicted molar refractivity (Wildman–Crippen MR) is 45.0 cm³/mol. The van der Waals surface area contributed by atoms with Crippen LogP contribution < -0.4 is 0 Å². The van der Waals surface area contributed by atoms with Crippen LogP contribution in [0.15, 0.2) is 29.4 Å². The molecule has 12 heavy (non-hydrogen) atoms. The van der Waals surface area contributed by atoms with E-state index < -0.39 is 0 Å². The van der Waals surface area contributed by atoms with Crippen LogP contribution in [0.25, 0.3) is 15.5 Å². The highest BCUT2D eigenvalue weighted by molar-refractivity contribution is 5.53. The molecule has 0 atom stereocenters. The van der Waals surface area contributed by atoms with Gasteiger partial charge in [-0.2, -0.15) is 0 Å². The minimum Gasteiger partial charge on any atom is -0.498 e. The maximum atomic E-state index is 9.83. The quantitative estimate of drug-likeness (QED) is 0.269. The maximum absolute atomic E-state index is 9.83. The Bertz CT molecular complexity index is 384. The molecule has 0 bridgehead atoms. The van der Waals surface area contributed by atoms with Gasteiger partial charge in [-0.3, -0.25) is 0 Å². The summed E-state index contributed by atoms with van der Waals surface area (Å²) in [4.78, 5) is 2.59. The zero-order valence-electron chi connectivity index (χ0n) is 6.01. The largest absolute Gasteiger partial charge is 0.498 e. The molecule has 0 heterocycles. The Hall–Kier alpha value is -2.18. The summed E-state index contributed by atoms with van der Waals surface area (Å²) in [5, 5.41) is 15.6. The van der Waals surface area contributed by atoms with Gasteiger partial charge in [0.1, 0.15) is 5.56 Å². The summed E-state index contributed by atoms with van der Waals surface area (Å²) in [5.74, 6) is 0. The lowest BCUT2D eigenvalue weighted by molar-refractivity contribution is 1.45. The molecule has 5 heteroatoms. The van der Waals surface area contributed by atoms with Gasteiger partial charge in [0, 0.05) is 9.92 Å². The van der Waals surface area contributed by atoms with Gasteiger partial charge in [-0.05, 0) is 11.6 Å². The van der Waals surface area contributed by atoms with E-state index in [2.05, 4.69) is 21.1 Å². The minimum absolute atomic E-state index is 0.347. The summed E-state index contributed by atoms with van der Waals surface area (Å²) in [5.41, 5.74) is 8.87. The van der Waals surface area contributed by atoms with Crippen LogP contribution in [0.2, 0.25) is 0 Å². The van der Waals surface area contributed by atoms with E-state index in [4.69, 9.17) is 5.53 Å². The Balaban J connectivity index is 3.22. The van der Waals surface area contributed by atoms with Crippen LogP contribution in [-0.2, 0) is 0 Å². The van der Waals surface area contributed by atoms with E-state index in [1.165, 1.54) is 0 Å². The van der Waals surface area contributed by atoms with Crippen molar-refractivity contribution in [1.82, 2.24) is 0 Å². The molecule has 0 amide bonds. The first-order valence-electron chi connectivity index (χ1n) is 3.11. The molecule has 5 nitrogen and oxygen atoms in total. The fourth-order valence-electron chi connectivity index (χ4n) is 0.753. The van der Waals surface area contributed by atoms with Crippen molar-refractivity contribution in [3.63, 3.8) is 0 Å². The molecule has 1 aromatic carbocycles. The lowest BCUT2D eigenvalue weighted by Gasteiger charge is -1.89. The maximum Gasteiger partial charge on any atom is 0.337 e. The van der Waals surface area contributed by atoms with Gasteiger partial charge in [-0.1, -0.05) is 23.3 Å². The zero-order chi connectivity index (χ0) is 8.81. The van der Waals surface area contributed by atoms with Crippen molar-refractivity contribution in [2.45, 2.75) is 0 Å². The molecule has 0 aliphatic rings. The highest BCUT2D eigenvalue weighted by Gasteiger charge is 1.99. The first kappa shape index (κ1) is 7.92. The summed E-state index contributed by atoms with van der Waals surface area (Å²) in [7, 11) is 0. The van der Waals surface area contributed by atoms with Gasteiger partial charge in [0.15, 0.2) is 0 Å². The van der Waals surface area contributed by atoms with Gasteiger partial charge in [0.25, 0.3) is 0 Å². The third kappa shape index (κ3) is 1.66. The molecule has 0 spiro atoms. The van der Waals surface area contributed by atoms with Crippen LogP contribution in [0.4, 0.5) is 5.69 Å². The Labute approximate surface area is 68.3 Å². The molecule has 0 fully saturated rings. The second-order valence-corrected chi connectivity index (χ2v) is 1.91. The standard InChI is InChI=1S/C7H4N4O/c8-11-10-7-4-2-1-3-6(7)5-9-12/h1-4H. The molecule has 1 rings (SSSR count). The molecular weight excluding hydrogens is 156 g/mol. The topological polar surface area (TPSA) is 76.2 Å². The Morgan fingerprint density at radius 1 is 1.42 bits per heavy atom. The highest BCUT2D eigenvalue weighted by atomic mass is 16.4. The first-order valence-corrected chi connectivity index (χ1v) is 3.11. The van der Waals surface area contributed by atoms with E-state index in [0.717, 1.165) is 0 Å². The Kier molecular flexibility index (Phi) is 2.55.